The van der Waals surface area contributed by atoms with Gasteiger partial charge >= 0.3 is 5.97 Å². The van der Waals surface area contributed by atoms with Crippen LogP contribution >= 0.6 is 11.6 Å². The number of fused-ring (bicyclic) bond motifs is 1. The highest BCUT2D eigenvalue weighted by molar-refractivity contribution is 6.32. The van der Waals surface area contributed by atoms with Gasteiger partial charge in [-0.2, -0.15) is 5.26 Å². The molecule has 4 aromatic rings. The van der Waals surface area contributed by atoms with Gasteiger partial charge in [0.2, 0.25) is 0 Å². The molecule has 11 heteroatoms. The SMILES string of the molecule is C[C@H]1C[C@@H](Oc2ccnc(COc3ccc(C#N)cc3Cl)c2)CCN1Cc1nc2ccc(C(=O)O)cc2n1CC1CCO1. The number of hydrogen-bond acceptors (Lipinski definition) is 8. The van der Waals surface area contributed by atoms with Crippen LogP contribution < -0.4 is 9.47 Å². The number of benzene rings is 2. The number of imidazole rings is 1. The summed E-state index contributed by atoms with van der Waals surface area (Å²) in [5.41, 5.74) is 3.07. The van der Waals surface area contributed by atoms with Gasteiger partial charge in [-0.05, 0) is 68.7 Å². The van der Waals surface area contributed by atoms with Crippen molar-refractivity contribution in [3.8, 4) is 17.6 Å². The maximum absolute atomic E-state index is 11.6. The highest BCUT2D eigenvalue weighted by Crippen LogP contribution is 2.29. The zero-order valence-electron chi connectivity index (χ0n) is 23.8. The van der Waals surface area contributed by atoms with E-state index in [1.165, 1.54) is 0 Å². The zero-order chi connectivity index (χ0) is 29.9. The van der Waals surface area contributed by atoms with E-state index in [-0.39, 0.29) is 30.4 Å². The van der Waals surface area contributed by atoms with Crippen molar-refractivity contribution in [2.45, 2.75) is 64.1 Å². The lowest BCUT2D eigenvalue weighted by Gasteiger charge is -2.37. The first-order valence-corrected chi connectivity index (χ1v) is 14.8. The molecule has 6 rings (SSSR count). The van der Waals surface area contributed by atoms with Gasteiger partial charge in [0.1, 0.15) is 30.0 Å². The number of piperidine rings is 1. The molecule has 2 aliphatic rings. The largest absolute Gasteiger partial charge is 0.490 e. The van der Waals surface area contributed by atoms with E-state index in [4.69, 9.17) is 36.1 Å². The van der Waals surface area contributed by atoms with E-state index < -0.39 is 5.97 Å². The van der Waals surface area contributed by atoms with Crippen molar-refractivity contribution in [1.82, 2.24) is 19.4 Å². The number of aromatic nitrogens is 3. The standard InChI is InChI=1S/C32H32ClN5O5/c1-20-12-25(43-24-6-9-35-23(15-24)19-42-30-5-2-21(16-34)13-27(30)33)7-10-37(20)18-31-36-28-4-3-22(32(39)40)14-29(28)38(31)17-26-8-11-41-26/h2-6,9,13-15,20,25-26H,7-8,10-12,17-19H2,1H3,(H,39,40)/t20-,25-,26?/m0/s1. The predicted molar refractivity (Wildman–Crippen MR) is 159 cm³/mol. The molecule has 0 bridgehead atoms. The Labute approximate surface area is 254 Å². The van der Waals surface area contributed by atoms with Gasteiger partial charge in [-0.1, -0.05) is 11.6 Å². The molecule has 2 saturated heterocycles. The molecule has 2 aromatic heterocycles. The minimum atomic E-state index is -0.948. The highest BCUT2D eigenvalue weighted by Gasteiger charge is 2.29. The number of carboxylic acid groups (broad SMARTS) is 1. The van der Waals surface area contributed by atoms with Gasteiger partial charge in [0.25, 0.3) is 0 Å². The van der Waals surface area contributed by atoms with Crippen LogP contribution in [0.3, 0.4) is 0 Å². The molecular weight excluding hydrogens is 570 g/mol. The number of likely N-dealkylation sites (tertiary alicyclic amines) is 1. The van der Waals surface area contributed by atoms with Gasteiger partial charge in [0, 0.05) is 31.5 Å². The minimum absolute atomic E-state index is 0.0516. The number of nitrogens with zero attached hydrogens (tertiary/aromatic N) is 5. The second kappa shape index (κ2) is 12.6. The number of ether oxygens (including phenoxy) is 3. The van der Waals surface area contributed by atoms with Crippen molar-refractivity contribution < 1.29 is 24.1 Å². The number of aromatic carboxylic acids is 1. The number of carbonyl (C=O) groups is 1. The summed E-state index contributed by atoms with van der Waals surface area (Å²) in [7, 11) is 0. The molecule has 10 nitrogen and oxygen atoms in total. The molecule has 0 radical (unpaired) electrons. The van der Waals surface area contributed by atoms with E-state index in [0.29, 0.717) is 35.1 Å². The first kappa shape index (κ1) is 28.9. The third-order valence-corrected chi connectivity index (χ3v) is 8.39. The summed E-state index contributed by atoms with van der Waals surface area (Å²) in [5, 5.41) is 18.9. The van der Waals surface area contributed by atoms with Crippen LogP contribution in [-0.2, 0) is 24.4 Å². The molecule has 222 valence electrons. The Bertz CT molecular complexity index is 1680. The van der Waals surface area contributed by atoms with Gasteiger partial charge in [0.15, 0.2) is 0 Å². The van der Waals surface area contributed by atoms with Crippen LogP contribution in [0.5, 0.6) is 11.5 Å². The molecule has 2 aliphatic heterocycles. The molecule has 0 aliphatic carbocycles. The molecular formula is C32H32ClN5O5. The predicted octanol–water partition coefficient (Wildman–Crippen LogP) is 5.45. The van der Waals surface area contributed by atoms with Crippen LogP contribution in [0.2, 0.25) is 5.02 Å². The topological polar surface area (TPSA) is 123 Å². The first-order valence-electron chi connectivity index (χ1n) is 14.4. The average molecular weight is 602 g/mol. The van der Waals surface area contributed by atoms with Crippen LogP contribution in [-0.4, -0.2) is 61.9 Å². The normalized spacial score (nSPS) is 20.3. The molecule has 4 heterocycles. The zero-order valence-corrected chi connectivity index (χ0v) is 24.5. The first-order chi connectivity index (χ1) is 20.9. The lowest BCUT2D eigenvalue weighted by atomic mass is 10.0. The van der Waals surface area contributed by atoms with Crippen molar-refractivity contribution in [3.05, 3.63) is 82.4 Å². The molecule has 3 atom stereocenters. The van der Waals surface area contributed by atoms with E-state index in [9.17, 15) is 9.90 Å². The van der Waals surface area contributed by atoms with Crippen molar-refractivity contribution >= 4 is 28.6 Å². The fourth-order valence-electron chi connectivity index (χ4n) is 5.60. The Morgan fingerprint density at radius 2 is 2.07 bits per heavy atom. The van der Waals surface area contributed by atoms with Crippen LogP contribution in [0.25, 0.3) is 11.0 Å². The number of halogens is 1. The Morgan fingerprint density at radius 3 is 2.79 bits per heavy atom. The molecule has 0 amide bonds. The van der Waals surface area contributed by atoms with Crippen LogP contribution in [0.4, 0.5) is 0 Å². The van der Waals surface area contributed by atoms with Crippen LogP contribution in [0, 0.1) is 11.3 Å². The van der Waals surface area contributed by atoms with Crippen molar-refractivity contribution in [2.24, 2.45) is 0 Å². The van der Waals surface area contributed by atoms with Crippen molar-refractivity contribution in [1.29, 1.82) is 5.26 Å². The fraction of sp³-hybridized carbons (Fsp3) is 0.375. The quantitative estimate of drug-likeness (QED) is 0.252. The fourth-order valence-corrected chi connectivity index (χ4v) is 5.84. The molecule has 0 saturated carbocycles. The van der Waals surface area contributed by atoms with E-state index >= 15 is 0 Å². The van der Waals surface area contributed by atoms with Gasteiger partial charge in [0.05, 0.1) is 58.1 Å². The maximum Gasteiger partial charge on any atom is 0.335 e. The van der Waals surface area contributed by atoms with E-state index in [2.05, 4.69) is 27.4 Å². The van der Waals surface area contributed by atoms with Gasteiger partial charge in [-0.3, -0.25) is 9.88 Å². The number of nitriles is 1. The number of carboxylic acids is 1. The smallest absolute Gasteiger partial charge is 0.335 e. The lowest BCUT2D eigenvalue weighted by Crippen LogP contribution is -2.44. The maximum atomic E-state index is 11.6. The monoisotopic (exact) mass is 601 g/mol. The Balaban J connectivity index is 1.09. The van der Waals surface area contributed by atoms with Crippen LogP contribution in [0.1, 0.15) is 53.6 Å². The summed E-state index contributed by atoms with van der Waals surface area (Å²) >= 11 is 6.23. The van der Waals surface area contributed by atoms with Gasteiger partial charge < -0.3 is 23.9 Å². The molecule has 2 fully saturated rings. The third kappa shape index (κ3) is 6.59. The summed E-state index contributed by atoms with van der Waals surface area (Å²) in [5.74, 6) is 1.20. The van der Waals surface area contributed by atoms with E-state index in [0.717, 1.165) is 55.0 Å². The Morgan fingerprint density at radius 1 is 1.21 bits per heavy atom. The average Bonchev–Trinajstić information content (AvgIpc) is 3.31. The number of rotatable bonds is 10. The Hall–Kier alpha value is -4.17. The molecule has 1 unspecified atom stereocenters. The van der Waals surface area contributed by atoms with Gasteiger partial charge in [-0.25, -0.2) is 9.78 Å². The summed E-state index contributed by atoms with van der Waals surface area (Å²) in [6.07, 6.45) is 4.58. The van der Waals surface area contributed by atoms with Crippen molar-refractivity contribution in [2.75, 3.05) is 13.2 Å². The third-order valence-electron chi connectivity index (χ3n) is 8.09. The van der Waals surface area contributed by atoms with Crippen molar-refractivity contribution in [3.63, 3.8) is 0 Å². The number of hydrogen-bond donors (Lipinski definition) is 1. The summed E-state index contributed by atoms with van der Waals surface area (Å²) in [4.78, 5) is 23.3. The second-order valence-corrected chi connectivity index (χ2v) is 11.4. The molecule has 2 aromatic carbocycles. The molecule has 0 spiro atoms. The summed E-state index contributed by atoms with van der Waals surface area (Å²) in [6.45, 7) is 5.34. The molecule has 43 heavy (non-hydrogen) atoms. The minimum Gasteiger partial charge on any atom is -0.490 e. The Kier molecular flexibility index (Phi) is 8.47. The van der Waals surface area contributed by atoms with E-state index in [1.54, 1.807) is 42.6 Å². The second-order valence-electron chi connectivity index (χ2n) is 11.0. The number of pyridine rings is 1. The van der Waals surface area contributed by atoms with E-state index in [1.807, 2.05) is 12.1 Å². The van der Waals surface area contributed by atoms with Gasteiger partial charge in [-0.15, -0.1) is 0 Å². The highest BCUT2D eigenvalue weighted by atomic mass is 35.5. The summed E-state index contributed by atoms with van der Waals surface area (Å²) < 4.78 is 20.0. The summed E-state index contributed by atoms with van der Waals surface area (Å²) in [6, 6.07) is 16.1. The molecule has 1 N–H and O–H groups in total. The van der Waals surface area contributed by atoms with Crippen LogP contribution in [0.15, 0.2) is 54.7 Å². The lowest BCUT2D eigenvalue weighted by molar-refractivity contribution is -0.0593.